The number of halogens is 1. The zero-order chi connectivity index (χ0) is 20.1. The van der Waals surface area contributed by atoms with E-state index in [2.05, 4.69) is 10.3 Å². The van der Waals surface area contributed by atoms with Gasteiger partial charge in [-0.05, 0) is 37.4 Å². The summed E-state index contributed by atoms with van der Waals surface area (Å²) < 4.78 is 19.7. The Morgan fingerprint density at radius 1 is 1.46 bits per heavy atom. The summed E-state index contributed by atoms with van der Waals surface area (Å²) in [6.07, 6.45) is 1.54. The highest BCUT2D eigenvalue weighted by Crippen LogP contribution is 2.29. The van der Waals surface area contributed by atoms with Crippen molar-refractivity contribution in [2.45, 2.75) is 6.10 Å². The zero-order valence-electron chi connectivity index (χ0n) is 15.4. The van der Waals surface area contributed by atoms with Gasteiger partial charge < -0.3 is 20.1 Å². The van der Waals surface area contributed by atoms with Crippen molar-refractivity contribution in [3.63, 3.8) is 0 Å². The first kappa shape index (κ1) is 19.7. The molecular formula is C19H22FN5O3. The van der Waals surface area contributed by atoms with Crippen molar-refractivity contribution in [2.75, 3.05) is 43.1 Å². The molecule has 0 radical (unpaired) electrons. The molecule has 0 aliphatic carbocycles. The molecular weight excluding hydrogens is 365 g/mol. The van der Waals surface area contributed by atoms with Gasteiger partial charge in [-0.2, -0.15) is 0 Å². The van der Waals surface area contributed by atoms with Gasteiger partial charge in [0.25, 0.3) is 0 Å². The Morgan fingerprint density at radius 3 is 2.86 bits per heavy atom. The lowest BCUT2D eigenvalue weighted by Crippen LogP contribution is -2.29. The normalized spacial score (nSPS) is 16.2. The number of cyclic esters (lactones) is 1. The highest BCUT2D eigenvalue weighted by molar-refractivity contribution is 5.90. The molecule has 1 unspecified atom stereocenters. The topological polar surface area (TPSA) is 102 Å². The molecule has 3 rings (SSSR count). The fraction of sp³-hybridized carbons (Fsp3) is 0.316. The number of hydrogen-bond acceptors (Lipinski definition) is 6. The standard InChI is InChI=1S/C19H22FN5O3/c1-22-6-7-24(12-21)18-5-2-13(9-23-18)16-4-3-14(8-17(16)20)25-10-15(11-26)28-19(25)27/h2-5,8-9,12,15,21-22,26H,6-7,10-11H2,1H3. The van der Waals surface area contributed by atoms with Crippen molar-refractivity contribution in [1.29, 1.82) is 5.41 Å². The van der Waals surface area contributed by atoms with Crippen molar-refractivity contribution in [2.24, 2.45) is 0 Å². The van der Waals surface area contributed by atoms with Crippen LogP contribution in [0.5, 0.6) is 0 Å². The summed E-state index contributed by atoms with van der Waals surface area (Å²) in [6.45, 7) is 1.19. The van der Waals surface area contributed by atoms with E-state index < -0.39 is 18.0 Å². The number of amides is 1. The number of ether oxygens (including phenoxy) is 1. The second-order valence-electron chi connectivity index (χ2n) is 6.29. The summed E-state index contributed by atoms with van der Waals surface area (Å²) in [4.78, 5) is 19.1. The van der Waals surface area contributed by atoms with E-state index in [0.29, 0.717) is 35.7 Å². The number of nitrogens with zero attached hydrogens (tertiary/aromatic N) is 3. The zero-order valence-corrected chi connectivity index (χ0v) is 15.4. The average Bonchev–Trinajstić information content (AvgIpc) is 3.10. The molecule has 148 valence electrons. The molecule has 0 bridgehead atoms. The van der Waals surface area contributed by atoms with Crippen LogP contribution < -0.4 is 15.1 Å². The minimum Gasteiger partial charge on any atom is -0.441 e. The Hall–Kier alpha value is -3.04. The summed E-state index contributed by atoms with van der Waals surface area (Å²) in [7, 11) is 1.83. The van der Waals surface area contributed by atoms with Crippen molar-refractivity contribution < 1.29 is 19.0 Å². The number of pyridine rings is 1. The van der Waals surface area contributed by atoms with Crippen LogP contribution in [-0.2, 0) is 4.74 Å². The van der Waals surface area contributed by atoms with Crippen LogP contribution in [0.4, 0.5) is 20.7 Å². The van der Waals surface area contributed by atoms with E-state index >= 15 is 0 Å². The number of aromatic nitrogens is 1. The van der Waals surface area contributed by atoms with Crippen LogP contribution in [0.25, 0.3) is 11.1 Å². The average molecular weight is 387 g/mol. The molecule has 0 saturated carbocycles. The fourth-order valence-electron chi connectivity index (χ4n) is 2.93. The lowest BCUT2D eigenvalue weighted by atomic mass is 10.1. The summed E-state index contributed by atoms with van der Waals surface area (Å²) in [5.74, 6) is 0.104. The second kappa shape index (κ2) is 8.77. The van der Waals surface area contributed by atoms with Crippen LogP contribution in [0.3, 0.4) is 0 Å². The molecule has 9 heteroatoms. The maximum absolute atomic E-state index is 14.7. The van der Waals surface area contributed by atoms with Crippen LogP contribution in [-0.4, -0.2) is 61.9 Å². The number of hydrogen-bond donors (Lipinski definition) is 3. The van der Waals surface area contributed by atoms with Gasteiger partial charge in [-0.3, -0.25) is 10.3 Å². The molecule has 1 aromatic heterocycles. The molecule has 2 aromatic rings. The van der Waals surface area contributed by atoms with Crippen molar-refractivity contribution in [3.05, 3.63) is 42.3 Å². The van der Waals surface area contributed by atoms with Gasteiger partial charge in [-0.25, -0.2) is 14.2 Å². The van der Waals surface area contributed by atoms with Gasteiger partial charge in [0.2, 0.25) is 0 Å². The molecule has 1 fully saturated rings. The van der Waals surface area contributed by atoms with Crippen LogP contribution >= 0.6 is 0 Å². The van der Waals surface area contributed by atoms with Crippen LogP contribution in [0.1, 0.15) is 0 Å². The molecule has 0 spiro atoms. The minimum atomic E-state index is -0.606. The number of likely N-dealkylation sites (N-methyl/N-ethyl adjacent to an activating group) is 1. The Morgan fingerprint density at radius 2 is 2.29 bits per heavy atom. The largest absolute Gasteiger partial charge is 0.441 e. The number of anilines is 2. The summed E-state index contributed by atoms with van der Waals surface area (Å²) in [5, 5.41) is 19.6. The molecule has 1 aliphatic heterocycles. The van der Waals surface area contributed by atoms with Crippen LogP contribution in [0.2, 0.25) is 0 Å². The number of carbonyl (C=O) groups excluding carboxylic acids is 1. The molecule has 1 atom stereocenters. The maximum atomic E-state index is 14.7. The Balaban J connectivity index is 1.79. The quantitative estimate of drug-likeness (QED) is 0.472. The van der Waals surface area contributed by atoms with E-state index in [0.717, 1.165) is 0 Å². The highest BCUT2D eigenvalue weighted by atomic mass is 19.1. The first-order valence-electron chi connectivity index (χ1n) is 8.84. The summed E-state index contributed by atoms with van der Waals surface area (Å²) >= 11 is 0. The number of carbonyl (C=O) groups is 1. The molecule has 8 nitrogen and oxygen atoms in total. The third kappa shape index (κ3) is 4.10. The number of aliphatic hydroxyl groups excluding tert-OH is 1. The number of benzene rings is 1. The van der Waals surface area contributed by atoms with E-state index in [1.54, 1.807) is 35.4 Å². The lowest BCUT2D eigenvalue weighted by molar-refractivity contribution is 0.0963. The van der Waals surface area contributed by atoms with Gasteiger partial charge in [0.15, 0.2) is 0 Å². The predicted octanol–water partition coefficient (Wildman–Crippen LogP) is 1.84. The van der Waals surface area contributed by atoms with Gasteiger partial charge in [0.05, 0.1) is 25.2 Å². The van der Waals surface area contributed by atoms with Crippen molar-refractivity contribution >= 4 is 23.9 Å². The smallest absolute Gasteiger partial charge is 0.414 e. The molecule has 2 heterocycles. The SMILES string of the molecule is CNCCN(C=N)c1ccc(-c2ccc(N3CC(CO)OC3=O)cc2F)cn1. The fourth-order valence-corrected chi connectivity index (χ4v) is 2.93. The molecule has 3 N–H and O–H groups in total. The molecule has 1 saturated heterocycles. The minimum absolute atomic E-state index is 0.177. The number of aliphatic hydroxyl groups is 1. The van der Waals surface area contributed by atoms with E-state index in [1.165, 1.54) is 17.3 Å². The maximum Gasteiger partial charge on any atom is 0.414 e. The Kier molecular flexibility index (Phi) is 6.17. The van der Waals surface area contributed by atoms with Crippen LogP contribution in [0, 0.1) is 11.2 Å². The molecule has 28 heavy (non-hydrogen) atoms. The number of nitrogens with one attached hydrogen (secondary N) is 2. The molecule has 1 amide bonds. The van der Waals surface area contributed by atoms with Gasteiger partial charge >= 0.3 is 6.09 Å². The van der Waals surface area contributed by atoms with E-state index in [1.807, 2.05) is 7.05 Å². The monoisotopic (exact) mass is 387 g/mol. The number of rotatable bonds is 8. The summed E-state index contributed by atoms with van der Waals surface area (Å²) in [6, 6.07) is 7.94. The first-order chi connectivity index (χ1) is 13.6. The van der Waals surface area contributed by atoms with Crippen molar-refractivity contribution in [1.82, 2.24) is 10.3 Å². The van der Waals surface area contributed by atoms with Gasteiger partial charge in [-0.1, -0.05) is 0 Å². The predicted molar refractivity (Wildman–Crippen MR) is 104 cm³/mol. The van der Waals surface area contributed by atoms with E-state index in [9.17, 15) is 9.18 Å². The molecule has 1 aromatic carbocycles. The summed E-state index contributed by atoms with van der Waals surface area (Å²) in [5.41, 5.74) is 1.31. The van der Waals surface area contributed by atoms with Gasteiger partial charge in [0.1, 0.15) is 17.7 Å². The third-order valence-electron chi connectivity index (χ3n) is 4.45. The first-order valence-corrected chi connectivity index (χ1v) is 8.84. The third-order valence-corrected chi connectivity index (χ3v) is 4.45. The Labute approximate surface area is 162 Å². The van der Waals surface area contributed by atoms with Crippen molar-refractivity contribution in [3.8, 4) is 11.1 Å². The van der Waals surface area contributed by atoms with E-state index in [-0.39, 0.29) is 13.2 Å². The van der Waals surface area contributed by atoms with Gasteiger partial charge in [-0.15, -0.1) is 0 Å². The van der Waals surface area contributed by atoms with E-state index in [4.69, 9.17) is 15.3 Å². The Bertz CT molecular complexity index is 846. The van der Waals surface area contributed by atoms with Gasteiger partial charge in [0, 0.05) is 30.4 Å². The van der Waals surface area contributed by atoms with Crippen LogP contribution in [0.15, 0.2) is 36.5 Å². The second-order valence-corrected chi connectivity index (χ2v) is 6.29. The lowest BCUT2D eigenvalue weighted by Gasteiger charge is -2.18. The molecule has 1 aliphatic rings. The highest BCUT2D eigenvalue weighted by Gasteiger charge is 2.32.